The van der Waals surface area contributed by atoms with Gasteiger partial charge in [0, 0.05) is 52.2 Å². The number of nitrogens with one attached hydrogen (secondary N) is 1. The summed E-state index contributed by atoms with van der Waals surface area (Å²) in [5.74, 6) is -1.73. The van der Waals surface area contributed by atoms with Crippen LogP contribution in [0.1, 0.15) is 34.6 Å². The van der Waals surface area contributed by atoms with Gasteiger partial charge in [0.2, 0.25) is 5.91 Å². The summed E-state index contributed by atoms with van der Waals surface area (Å²) in [6.07, 6.45) is -0.0170. The number of carbonyl (C=O) groups excluding carboxylic acids is 4. The lowest BCUT2D eigenvalue weighted by Gasteiger charge is -2.44. The molecule has 1 N–H and O–H groups in total. The fraction of sp³-hybridized carbons (Fsp3) is 0.522. The van der Waals surface area contributed by atoms with Gasteiger partial charge in [-0.15, -0.1) is 10.2 Å². The van der Waals surface area contributed by atoms with Crippen LogP contribution in [0.2, 0.25) is 0 Å². The molecule has 2 aromatic heterocycles. The summed E-state index contributed by atoms with van der Waals surface area (Å²) in [7, 11) is 0. The van der Waals surface area contributed by atoms with Crippen molar-refractivity contribution in [1.29, 1.82) is 0 Å². The first-order chi connectivity index (χ1) is 17.6. The Morgan fingerprint density at radius 2 is 1.65 bits per heavy atom. The molecule has 5 atom stereocenters. The summed E-state index contributed by atoms with van der Waals surface area (Å²) < 4.78 is 24.2. The maximum atomic E-state index is 12.1. The summed E-state index contributed by atoms with van der Waals surface area (Å²) in [5, 5.41) is 11.8. The van der Waals surface area contributed by atoms with Gasteiger partial charge in [0.15, 0.2) is 23.2 Å². The lowest BCUT2D eigenvalue weighted by atomic mass is 9.97. The normalized spacial score (nSPS) is 23.1. The zero-order chi connectivity index (χ0) is 27.1. The highest BCUT2D eigenvalue weighted by Crippen LogP contribution is 2.36. The third-order valence-corrected chi connectivity index (χ3v) is 6.41. The minimum Gasteiger partial charge on any atom is -0.463 e. The first kappa shape index (κ1) is 28.1. The van der Waals surface area contributed by atoms with E-state index in [0.717, 1.165) is 17.3 Å². The Morgan fingerprint density at radius 1 is 1.00 bits per heavy atom. The van der Waals surface area contributed by atoms with Crippen molar-refractivity contribution in [2.45, 2.75) is 76.1 Å². The van der Waals surface area contributed by atoms with Gasteiger partial charge in [0.05, 0.1) is 0 Å². The van der Waals surface area contributed by atoms with Gasteiger partial charge in [0.1, 0.15) is 24.2 Å². The van der Waals surface area contributed by atoms with Crippen LogP contribution < -0.4 is 5.32 Å². The molecule has 13 nitrogen and oxygen atoms in total. The molecule has 1 saturated heterocycles. The van der Waals surface area contributed by atoms with E-state index in [2.05, 4.69) is 20.5 Å². The van der Waals surface area contributed by atoms with Crippen LogP contribution in [0.25, 0.3) is 11.4 Å². The third-order valence-electron chi connectivity index (χ3n) is 5.26. The van der Waals surface area contributed by atoms with E-state index in [1.807, 2.05) is 11.5 Å². The Kier molecular flexibility index (Phi) is 9.58. The van der Waals surface area contributed by atoms with E-state index in [-0.39, 0.29) is 6.61 Å². The third kappa shape index (κ3) is 7.26. The number of rotatable bonds is 9. The average molecular weight is 536 g/mol. The van der Waals surface area contributed by atoms with Gasteiger partial charge >= 0.3 is 17.9 Å². The second-order valence-electron chi connectivity index (χ2n) is 8.12. The number of aromatic nitrogens is 4. The average Bonchev–Trinajstić information content (AvgIpc) is 3.23. The van der Waals surface area contributed by atoms with E-state index in [4.69, 9.17) is 18.9 Å². The van der Waals surface area contributed by atoms with Crippen LogP contribution >= 0.6 is 11.8 Å². The zero-order valence-electron chi connectivity index (χ0n) is 21.1. The van der Waals surface area contributed by atoms with Crippen molar-refractivity contribution in [3.8, 4) is 11.4 Å². The quantitative estimate of drug-likeness (QED) is 0.360. The first-order valence-electron chi connectivity index (χ1n) is 11.5. The molecule has 0 radical (unpaired) electrons. The number of thioether (sulfide) groups is 1. The monoisotopic (exact) mass is 535 g/mol. The van der Waals surface area contributed by atoms with Gasteiger partial charge in [-0.05, 0) is 19.1 Å². The highest BCUT2D eigenvalue weighted by molar-refractivity contribution is 7.99. The number of nitrogens with zero attached hydrogens (tertiary/aromatic N) is 4. The number of pyridine rings is 1. The molecule has 14 heteroatoms. The topological polar surface area (TPSA) is 161 Å². The van der Waals surface area contributed by atoms with Crippen molar-refractivity contribution in [1.82, 2.24) is 25.1 Å². The minimum atomic E-state index is -1.16. The second kappa shape index (κ2) is 12.6. The van der Waals surface area contributed by atoms with Crippen molar-refractivity contribution in [3.05, 3.63) is 24.5 Å². The van der Waals surface area contributed by atoms with Crippen molar-refractivity contribution < 1.29 is 38.1 Å². The molecule has 1 amide bonds. The lowest BCUT2D eigenvalue weighted by molar-refractivity contribution is -0.211. The van der Waals surface area contributed by atoms with Gasteiger partial charge in [-0.2, -0.15) is 0 Å². The first-order valence-corrected chi connectivity index (χ1v) is 12.4. The zero-order valence-corrected chi connectivity index (χ0v) is 21.9. The van der Waals surface area contributed by atoms with E-state index in [1.54, 1.807) is 24.5 Å². The molecule has 0 unspecified atom stereocenters. The number of ether oxygens (including phenoxy) is 4. The molecule has 1 aliphatic rings. The van der Waals surface area contributed by atoms with Crippen LogP contribution in [0.5, 0.6) is 0 Å². The molecule has 1 aliphatic heterocycles. The van der Waals surface area contributed by atoms with Crippen LogP contribution in [0.15, 0.2) is 29.7 Å². The van der Waals surface area contributed by atoms with E-state index in [9.17, 15) is 19.2 Å². The molecule has 0 aliphatic carbocycles. The Morgan fingerprint density at radius 3 is 2.22 bits per heavy atom. The van der Waals surface area contributed by atoms with E-state index in [0.29, 0.717) is 17.5 Å². The maximum Gasteiger partial charge on any atom is 0.303 e. The predicted molar refractivity (Wildman–Crippen MR) is 129 cm³/mol. The maximum absolute atomic E-state index is 12.1. The van der Waals surface area contributed by atoms with Crippen LogP contribution in [0.4, 0.5) is 0 Å². The highest BCUT2D eigenvalue weighted by atomic mass is 32.2. The molecule has 2 aromatic rings. The molecule has 0 bridgehead atoms. The fourth-order valence-corrected chi connectivity index (χ4v) is 5.08. The molecular weight excluding hydrogens is 506 g/mol. The van der Waals surface area contributed by atoms with Crippen molar-refractivity contribution in [2.75, 3.05) is 6.61 Å². The van der Waals surface area contributed by atoms with Crippen molar-refractivity contribution in [3.63, 3.8) is 0 Å². The summed E-state index contributed by atoms with van der Waals surface area (Å²) in [6, 6.07) is 2.66. The molecule has 0 saturated carbocycles. The van der Waals surface area contributed by atoms with Crippen LogP contribution in [0, 0.1) is 0 Å². The number of amides is 1. The summed E-state index contributed by atoms with van der Waals surface area (Å²) in [4.78, 5) is 51.6. The molecule has 0 aromatic carbocycles. The number of hydrogen-bond acceptors (Lipinski definition) is 12. The molecule has 1 fully saturated rings. The van der Waals surface area contributed by atoms with Crippen molar-refractivity contribution >= 4 is 35.6 Å². The highest BCUT2D eigenvalue weighted by Gasteiger charge is 2.51. The number of esters is 3. The van der Waals surface area contributed by atoms with E-state index < -0.39 is 53.6 Å². The molecule has 0 spiro atoms. The summed E-state index contributed by atoms with van der Waals surface area (Å²) >= 11 is 1.14. The molecular formula is C23H29N5O8S. The molecule has 200 valence electrons. The molecule has 3 rings (SSSR count). The molecule has 3 heterocycles. The second-order valence-corrected chi connectivity index (χ2v) is 9.19. The van der Waals surface area contributed by atoms with Crippen LogP contribution in [-0.4, -0.2) is 80.0 Å². The van der Waals surface area contributed by atoms with Crippen molar-refractivity contribution in [2.24, 2.45) is 0 Å². The number of hydrogen-bond donors (Lipinski definition) is 1. The SMILES string of the molecule is CCn1c(S[C@@H]2O[C@@H](COC(C)=O)[C@@H](OC(C)=O)[C@@H](OC(C)=O)[C@H]2NC(C)=O)nnc1-c1ccncc1. The Hall–Kier alpha value is -3.52. The van der Waals surface area contributed by atoms with Gasteiger partial charge in [-0.1, -0.05) is 11.8 Å². The van der Waals surface area contributed by atoms with Gasteiger partial charge in [-0.25, -0.2) is 0 Å². The van der Waals surface area contributed by atoms with Gasteiger partial charge < -0.3 is 28.8 Å². The Labute approximate surface area is 217 Å². The smallest absolute Gasteiger partial charge is 0.303 e. The Balaban J connectivity index is 2.02. The molecule has 37 heavy (non-hydrogen) atoms. The predicted octanol–water partition coefficient (Wildman–Crippen LogP) is 1.11. The van der Waals surface area contributed by atoms with Crippen LogP contribution in [0.3, 0.4) is 0 Å². The minimum absolute atomic E-state index is 0.280. The largest absolute Gasteiger partial charge is 0.463 e. The summed E-state index contributed by atoms with van der Waals surface area (Å²) in [6.45, 7) is 7.07. The van der Waals surface area contributed by atoms with Crippen LogP contribution in [-0.2, 0) is 44.7 Å². The Bertz CT molecular complexity index is 1130. The van der Waals surface area contributed by atoms with E-state index in [1.165, 1.54) is 27.7 Å². The van der Waals surface area contributed by atoms with Gasteiger partial charge in [0.25, 0.3) is 0 Å². The number of carbonyl (C=O) groups is 4. The fourth-order valence-electron chi connectivity index (χ4n) is 3.87. The standard InChI is InChI=1S/C23H29N5O8S/c1-6-28-21(16-7-9-24-10-8-16)26-27-23(28)37-22-18(25-12(2)29)20(35-15(5)32)19(34-14(4)31)17(36-22)11-33-13(3)30/h7-10,17-20,22H,6,11H2,1-5H3,(H,25,29)/t17-,18+,19+,20-,22-/m0/s1. The summed E-state index contributed by atoms with van der Waals surface area (Å²) in [5.41, 5.74) is -0.0833. The lowest BCUT2D eigenvalue weighted by Crippen LogP contribution is -2.65. The van der Waals surface area contributed by atoms with E-state index >= 15 is 0 Å². The van der Waals surface area contributed by atoms with Gasteiger partial charge in [-0.3, -0.25) is 24.2 Å².